The van der Waals surface area contributed by atoms with E-state index < -0.39 is 0 Å². The van der Waals surface area contributed by atoms with Gasteiger partial charge >= 0.3 is 0 Å². The number of ether oxygens (including phenoxy) is 1. The molecule has 3 heteroatoms. The van der Waals surface area contributed by atoms with Crippen LogP contribution in [-0.2, 0) is 11.2 Å². The van der Waals surface area contributed by atoms with Crippen LogP contribution >= 0.6 is 0 Å². The minimum Gasteiger partial charge on any atom is -0.483 e. The van der Waals surface area contributed by atoms with Gasteiger partial charge in [-0.1, -0.05) is 57.2 Å². The summed E-state index contributed by atoms with van der Waals surface area (Å²) >= 11 is 0. The third-order valence-corrected chi connectivity index (χ3v) is 5.64. The van der Waals surface area contributed by atoms with Gasteiger partial charge < -0.3 is 10.1 Å². The van der Waals surface area contributed by atoms with Gasteiger partial charge in [-0.15, -0.1) is 0 Å². The van der Waals surface area contributed by atoms with Crippen LogP contribution in [0.25, 0.3) is 0 Å². The lowest BCUT2D eigenvalue weighted by Gasteiger charge is -2.24. The van der Waals surface area contributed by atoms with Gasteiger partial charge in [-0.3, -0.25) is 4.79 Å². The summed E-state index contributed by atoms with van der Waals surface area (Å²) in [6, 6.07) is 8.58. The van der Waals surface area contributed by atoms with Crippen LogP contribution in [0.3, 0.4) is 0 Å². The predicted octanol–water partition coefficient (Wildman–Crippen LogP) is 4.88. The Balaban J connectivity index is 1.43. The summed E-state index contributed by atoms with van der Waals surface area (Å²) in [5.74, 6) is 2.58. The molecule has 2 aliphatic rings. The molecule has 0 spiro atoms. The lowest BCUT2D eigenvalue weighted by atomic mass is 9.82. The van der Waals surface area contributed by atoms with Gasteiger partial charge in [0.2, 0.25) is 0 Å². The van der Waals surface area contributed by atoms with Crippen LogP contribution in [0.4, 0.5) is 0 Å². The molecule has 2 saturated carbocycles. The van der Waals surface area contributed by atoms with Gasteiger partial charge in [0.05, 0.1) is 0 Å². The van der Waals surface area contributed by atoms with E-state index in [1.165, 1.54) is 50.5 Å². The van der Waals surface area contributed by atoms with Gasteiger partial charge in [-0.05, 0) is 55.6 Å². The molecular weight excluding hydrogens is 310 g/mol. The van der Waals surface area contributed by atoms with Crippen molar-refractivity contribution in [2.75, 3.05) is 6.61 Å². The fourth-order valence-electron chi connectivity index (χ4n) is 4.00. The topological polar surface area (TPSA) is 38.3 Å². The van der Waals surface area contributed by atoms with Crippen molar-refractivity contribution in [3.05, 3.63) is 29.8 Å². The minimum absolute atomic E-state index is 0.00275. The average Bonchev–Trinajstić information content (AvgIpc) is 3.43. The third-order valence-electron chi connectivity index (χ3n) is 5.64. The van der Waals surface area contributed by atoms with Gasteiger partial charge in [0.25, 0.3) is 5.91 Å². The Hall–Kier alpha value is -1.51. The molecule has 0 aliphatic heterocycles. The van der Waals surface area contributed by atoms with E-state index in [2.05, 4.69) is 24.4 Å². The highest BCUT2D eigenvalue weighted by Gasteiger charge is 2.23. The largest absolute Gasteiger partial charge is 0.483 e. The number of rotatable bonds is 9. The van der Waals surface area contributed by atoms with Crippen molar-refractivity contribution in [3.8, 4) is 5.75 Å². The Bertz CT molecular complexity index is 547. The Kier molecular flexibility index (Phi) is 6.77. The van der Waals surface area contributed by atoms with Gasteiger partial charge in [0.15, 0.2) is 6.61 Å². The number of amides is 1. The van der Waals surface area contributed by atoms with Crippen LogP contribution in [-0.4, -0.2) is 18.6 Å². The summed E-state index contributed by atoms with van der Waals surface area (Å²) in [6.07, 6.45) is 13.0. The monoisotopic (exact) mass is 343 g/mol. The number of hydrogen-bond donors (Lipinski definition) is 1. The van der Waals surface area contributed by atoms with Crippen LogP contribution < -0.4 is 10.1 Å². The van der Waals surface area contributed by atoms with E-state index in [-0.39, 0.29) is 12.5 Å². The van der Waals surface area contributed by atoms with Crippen molar-refractivity contribution in [3.63, 3.8) is 0 Å². The molecule has 2 aliphatic carbocycles. The smallest absolute Gasteiger partial charge is 0.258 e. The van der Waals surface area contributed by atoms with Crippen molar-refractivity contribution >= 4 is 5.91 Å². The number of hydrogen-bond acceptors (Lipinski definition) is 2. The molecule has 0 radical (unpaired) electrons. The summed E-state index contributed by atoms with van der Waals surface area (Å²) < 4.78 is 5.80. The van der Waals surface area contributed by atoms with Crippen LogP contribution in [0.2, 0.25) is 0 Å². The van der Waals surface area contributed by atoms with E-state index in [9.17, 15) is 4.79 Å². The molecule has 1 aromatic rings. The first-order valence-electron chi connectivity index (χ1n) is 10.2. The Morgan fingerprint density at radius 1 is 1.16 bits per heavy atom. The second-order valence-electron chi connectivity index (χ2n) is 8.12. The maximum atomic E-state index is 11.8. The van der Waals surface area contributed by atoms with E-state index in [0.29, 0.717) is 6.04 Å². The maximum absolute atomic E-state index is 11.8. The highest BCUT2D eigenvalue weighted by molar-refractivity contribution is 5.78. The molecule has 0 saturated heterocycles. The molecule has 0 bridgehead atoms. The van der Waals surface area contributed by atoms with E-state index in [1.54, 1.807) is 0 Å². The first kappa shape index (κ1) is 18.3. The number of para-hydroxylation sites is 1. The van der Waals surface area contributed by atoms with Crippen molar-refractivity contribution in [2.24, 2.45) is 11.8 Å². The molecule has 3 rings (SSSR count). The molecule has 2 fully saturated rings. The Morgan fingerprint density at radius 3 is 2.68 bits per heavy atom. The average molecular weight is 344 g/mol. The number of aryl methyl sites for hydroxylation is 1. The first-order chi connectivity index (χ1) is 12.2. The highest BCUT2D eigenvalue weighted by atomic mass is 16.5. The first-order valence-corrected chi connectivity index (χ1v) is 10.2. The molecule has 1 aromatic carbocycles. The van der Waals surface area contributed by atoms with Gasteiger partial charge in [-0.25, -0.2) is 0 Å². The van der Waals surface area contributed by atoms with Crippen molar-refractivity contribution in [2.45, 2.75) is 77.2 Å². The quantitative estimate of drug-likeness (QED) is 0.694. The zero-order valence-corrected chi connectivity index (χ0v) is 15.6. The summed E-state index contributed by atoms with van der Waals surface area (Å²) in [6.45, 7) is 2.52. The molecule has 1 unspecified atom stereocenters. The predicted molar refractivity (Wildman–Crippen MR) is 102 cm³/mol. The molecule has 1 atom stereocenters. The second-order valence-corrected chi connectivity index (χ2v) is 8.12. The van der Waals surface area contributed by atoms with Crippen molar-refractivity contribution < 1.29 is 9.53 Å². The molecule has 0 aromatic heterocycles. The van der Waals surface area contributed by atoms with E-state index in [0.717, 1.165) is 36.8 Å². The summed E-state index contributed by atoms with van der Waals surface area (Å²) in [5.41, 5.74) is 1.23. The van der Waals surface area contributed by atoms with Gasteiger partial charge in [0.1, 0.15) is 5.75 Å². The summed E-state index contributed by atoms with van der Waals surface area (Å²) in [5, 5.41) is 2.98. The van der Waals surface area contributed by atoms with Crippen LogP contribution in [0, 0.1) is 11.8 Å². The molecular formula is C22H33NO2. The molecule has 138 valence electrons. The third kappa shape index (κ3) is 6.37. The number of carbonyl (C=O) groups is 1. The van der Waals surface area contributed by atoms with E-state index in [4.69, 9.17) is 4.74 Å². The highest BCUT2D eigenvalue weighted by Crippen LogP contribution is 2.31. The number of carbonyl (C=O) groups excluding carboxylic acids is 1. The zero-order valence-electron chi connectivity index (χ0n) is 15.6. The van der Waals surface area contributed by atoms with Crippen molar-refractivity contribution in [1.29, 1.82) is 0 Å². The fraction of sp³-hybridized carbons (Fsp3) is 0.682. The van der Waals surface area contributed by atoms with Crippen LogP contribution in [0.1, 0.15) is 70.3 Å². The van der Waals surface area contributed by atoms with Crippen molar-refractivity contribution in [1.82, 2.24) is 5.32 Å². The SMILES string of the molecule is CC(CCc1ccccc1OCC(=O)NC1CC1)CC1CCCCC1. The minimum atomic E-state index is 0.00275. The van der Waals surface area contributed by atoms with Gasteiger partial charge in [0, 0.05) is 6.04 Å². The van der Waals surface area contributed by atoms with E-state index >= 15 is 0 Å². The lowest BCUT2D eigenvalue weighted by molar-refractivity contribution is -0.123. The maximum Gasteiger partial charge on any atom is 0.258 e. The summed E-state index contributed by atoms with van der Waals surface area (Å²) in [4.78, 5) is 11.8. The fourth-order valence-corrected chi connectivity index (χ4v) is 4.00. The number of benzene rings is 1. The molecule has 3 nitrogen and oxygen atoms in total. The van der Waals surface area contributed by atoms with Crippen LogP contribution in [0.5, 0.6) is 5.75 Å². The van der Waals surface area contributed by atoms with Gasteiger partial charge in [-0.2, -0.15) is 0 Å². The van der Waals surface area contributed by atoms with E-state index in [1.807, 2.05) is 12.1 Å². The molecule has 25 heavy (non-hydrogen) atoms. The standard InChI is InChI=1S/C22H33NO2/c1-17(15-18-7-3-2-4-8-18)11-12-19-9-5-6-10-21(19)25-16-22(24)23-20-13-14-20/h5-6,9-10,17-18,20H,2-4,7-8,11-16H2,1H3,(H,23,24). The molecule has 1 amide bonds. The number of nitrogens with one attached hydrogen (secondary N) is 1. The summed E-state index contributed by atoms with van der Waals surface area (Å²) in [7, 11) is 0. The Labute approximate surface area is 152 Å². The zero-order chi connectivity index (χ0) is 17.5. The normalized spacial score (nSPS) is 19.4. The molecule has 0 heterocycles. The lowest BCUT2D eigenvalue weighted by Crippen LogP contribution is -2.30. The second kappa shape index (κ2) is 9.26. The van der Waals surface area contributed by atoms with Crippen LogP contribution in [0.15, 0.2) is 24.3 Å². The Morgan fingerprint density at radius 2 is 1.92 bits per heavy atom. The molecule has 1 N–H and O–H groups in total.